The van der Waals surface area contributed by atoms with Crippen LogP contribution in [0.25, 0.3) is 0 Å². The average Bonchev–Trinajstić information content (AvgIpc) is 3.21. The van der Waals surface area contributed by atoms with Gasteiger partial charge in [-0.25, -0.2) is 4.79 Å². The molecule has 0 saturated heterocycles. The maximum absolute atomic E-state index is 13.9. The first-order valence-corrected chi connectivity index (χ1v) is 20.7. The fourth-order valence-electron chi connectivity index (χ4n) is 5.71. The summed E-state index contributed by atoms with van der Waals surface area (Å²) < 4.78 is 0. The first-order chi connectivity index (χ1) is 29.7. The van der Waals surface area contributed by atoms with Crippen molar-refractivity contribution in [2.24, 2.45) is 66.6 Å². The predicted octanol–water partition coefficient (Wildman–Crippen LogP) is -7.26. The summed E-state index contributed by atoms with van der Waals surface area (Å²) in [5.41, 5.74) is 49.6. The molecule has 0 heterocycles. The number of aliphatic imine (C=N–C) groups is 3. The molecular weight excluding hydrogens is 829 g/mol. The van der Waals surface area contributed by atoms with Crippen LogP contribution in [0.3, 0.4) is 0 Å². The van der Waals surface area contributed by atoms with E-state index < -0.39 is 90.3 Å². The summed E-state index contributed by atoms with van der Waals surface area (Å²) in [6.45, 7) is 1.45. The van der Waals surface area contributed by atoms with Crippen molar-refractivity contribution in [2.75, 3.05) is 39.3 Å². The number of amides is 6. The van der Waals surface area contributed by atoms with Gasteiger partial charge in [0.2, 0.25) is 35.4 Å². The molecule has 0 radical (unpaired) electrons. The Balaban J connectivity index is 6.23. The van der Waals surface area contributed by atoms with E-state index in [4.69, 9.17) is 51.6 Å². The number of aliphatic hydroxyl groups is 1. The Labute approximate surface area is 366 Å². The number of hydrogen-bond donors (Lipinski definition) is 17. The van der Waals surface area contributed by atoms with Crippen molar-refractivity contribution in [1.82, 2.24) is 31.9 Å². The summed E-state index contributed by atoms with van der Waals surface area (Å²) in [5, 5.41) is 34.6. The van der Waals surface area contributed by atoms with Crippen LogP contribution in [-0.4, -0.2) is 151 Å². The largest absolute Gasteiger partial charge is 0.480 e. The molecule has 26 N–H and O–H groups in total. The molecule has 0 aromatic rings. The minimum atomic E-state index is -1.60. The standard InChI is InChI=1S/C36H72N18O9/c1-20(55)27(32(61)53-25(33(62)63)11-3-5-15-38)54-26(56)19-49-29(58)22(12-7-17-47-35(42)43)51-31(60)24(13-8-18-48-36(44)45)52-30(59)23(10-2-4-14-37)50-28(57)21(39)9-6-16-46-34(40)41/h20-25,27,55H,2-19,37-39H2,1H3,(H,49,58)(H,50,57)(H,51,60)(H,52,59)(H,53,61)(H,54,56)(H,62,63)(H4,40,41,46)(H4,42,43,47)(H4,44,45,48)/t20-,21+,22+,23+,24+,25+,27+/m1/s1. The molecule has 0 rings (SSSR count). The summed E-state index contributed by atoms with van der Waals surface area (Å²) >= 11 is 0. The monoisotopic (exact) mass is 901 g/mol. The molecule has 0 bridgehead atoms. The number of aliphatic carboxylic acids is 1. The number of guanidine groups is 3. The zero-order chi connectivity index (χ0) is 47.9. The Kier molecular flexibility index (Phi) is 29.5. The lowest BCUT2D eigenvalue weighted by Crippen LogP contribution is -2.59. The molecule has 0 unspecified atom stereocenters. The zero-order valence-electron chi connectivity index (χ0n) is 36.1. The van der Waals surface area contributed by atoms with Gasteiger partial charge in [0, 0.05) is 19.6 Å². The third kappa shape index (κ3) is 26.8. The van der Waals surface area contributed by atoms with Crippen LogP contribution in [0.5, 0.6) is 0 Å². The number of carbonyl (C=O) groups excluding carboxylic acids is 6. The number of carbonyl (C=O) groups is 7. The van der Waals surface area contributed by atoms with E-state index in [1.807, 2.05) is 0 Å². The number of nitrogens with zero attached hydrogens (tertiary/aromatic N) is 3. The molecule has 0 aliphatic carbocycles. The number of nitrogens with one attached hydrogen (secondary N) is 6. The lowest BCUT2D eigenvalue weighted by Gasteiger charge is -2.26. The quantitative estimate of drug-likeness (QED) is 0.0162. The van der Waals surface area contributed by atoms with Crippen molar-refractivity contribution in [2.45, 2.75) is 126 Å². The van der Waals surface area contributed by atoms with Gasteiger partial charge in [0.1, 0.15) is 30.2 Å². The minimum Gasteiger partial charge on any atom is -0.480 e. The highest BCUT2D eigenvalue weighted by Crippen LogP contribution is 2.08. The number of nitrogens with two attached hydrogens (primary N) is 9. The molecule has 0 aromatic carbocycles. The molecule has 7 atom stereocenters. The highest BCUT2D eigenvalue weighted by molar-refractivity contribution is 5.96. The van der Waals surface area contributed by atoms with Crippen molar-refractivity contribution in [3.63, 3.8) is 0 Å². The lowest BCUT2D eigenvalue weighted by molar-refractivity contribution is -0.143. The van der Waals surface area contributed by atoms with E-state index in [-0.39, 0.29) is 82.5 Å². The first kappa shape index (κ1) is 56.9. The summed E-state index contributed by atoms with van der Waals surface area (Å²) in [6.07, 6.45) is 1.40. The highest BCUT2D eigenvalue weighted by Gasteiger charge is 2.32. The van der Waals surface area contributed by atoms with E-state index >= 15 is 0 Å². The highest BCUT2D eigenvalue weighted by atomic mass is 16.4. The Bertz CT molecular complexity index is 1540. The molecule has 27 nitrogen and oxygen atoms in total. The number of aliphatic hydroxyl groups excluding tert-OH is 1. The molecular formula is C36H72N18O9. The van der Waals surface area contributed by atoms with Gasteiger partial charge < -0.3 is 93.7 Å². The average molecular weight is 901 g/mol. The second-order valence-electron chi connectivity index (χ2n) is 14.6. The van der Waals surface area contributed by atoms with Gasteiger partial charge in [-0.2, -0.15) is 0 Å². The summed E-state index contributed by atoms with van der Waals surface area (Å²) in [4.78, 5) is 103. The topological polar surface area (TPSA) is 503 Å². The van der Waals surface area contributed by atoms with Gasteiger partial charge in [-0.05, 0) is 97.1 Å². The van der Waals surface area contributed by atoms with E-state index in [1.165, 1.54) is 6.92 Å². The molecule has 0 fully saturated rings. The summed E-state index contributed by atoms with van der Waals surface area (Å²) in [5.74, 6) is -6.84. The van der Waals surface area contributed by atoms with E-state index in [2.05, 4.69) is 46.9 Å². The molecule has 0 aromatic heterocycles. The fourth-order valence-corrected chi connectivity index (χ4v) is 5.71. The van der Waals surface area contributed by atoms with Gasteiger partial charge in [0.15, 0.2) is 17.9 Å². The fraction of sp³-hybridized carbons (Fsp3) is 0.722. The van der Waals surface area contributed by atoms with Crippen molar-refractivity contribution in [3.05, 3.63) is 0 Å². The van der Waals surface area contributed by atoms with Gasteiger partial charge >= 0.3 is 5.97 Å². The second-order valence-corrected chi connectivity index (χ2v) is 14.6. The molecule has 63 heavy (non-hydrogen) atoms. The van der Waals surface area contributed by atoms with Gasteiger partial charge in [-0.1, -0.05) is 0 Å². The van der Waals surface area contributed by atoms with Gasteiger partial charge in [-0.3, -0.25) is 43.7 Å². The number of unbranched alkanes of at least 4 members (excludes halogenated alkanes) is 2. The van der Waals surface area contributed by atoms with Crippen LogP contribution in [0.1, 0.15) is 84.0 Å². The van der Waals surface area contributed by atoms with Crippen LogP contribution >= 0.6 is 0 Å². The molecule has 6 amide bonds. The Morgan fingerprint density at radius 1 is 0.508 bits per heavy atom. The van der Waals surface area contributed by atoms with Crippen LogP contribution < -0.4 is 83.5 Å². The van der Waals surface area contributed by atoms with Crippen LogP contribution in [0, 0.1) is 0 Å². The SMILES string of the molecule is C[C@@H](O)[C@H](NC(=O)CNC(=O)[C@H](CCCN=C(N)N)NC(=O)[C@H](CCCN=C(N)N)NC(=O)[C@H](CCCCN)NC(=O)[C@@H](N)CCCN=C(N)N)C(=O)N[C@@H](CCCCN)C(=O)O. The third-order valence-electron chi connectivity index (χ3n) is 9.11. The molecule has 360 valence electrons. The predicted molar refractivity (Wildman–Crippen MR) is 235 cm³/mol. The normalized spacial score (nSPS) is 14.1. The number of hydrogen-bond acceptors (Lipinski definition) is 14. The van der Waals surface area contributed by atoms with E-state index in [1.54, 1.807) is 0 Å². The van der Waals surface area contributed by atoms with Crippen LogP contribution in [0.15, 0.2) is 15.0 Å². The minimum absolute atomic E-state index is 0.0363. The smallest absolute Gasteiger partial charge is 0.326 e. The maximum atomic E-state index is 13.9. The van der Waals surface area contributed by atoms with Gasteiger partial charge in [0.05, 0.1) is 18.7 Å². The van der Waals surface area contributed by atoms with E-state index in [9.17, 15) is 43.8 Å². The van der Waals surface area contributed by atoms with Crippen LogP contribution in [-0.2, 0) is 33.6 Å². The van der Waals surface area contributed by atoms with Crippen LogP contribution in [0.2, 0.25) is 0 Å². The van der Waals surface area contributed by atoms with Gasteiger partial charge in [0.25, 0.3) is 0 Å². The molecule has 0 spiro atoms. The maximum Gasteiger partial charge on any atom is 0.326 e. The van der Waals surface area contributed by atoms with Crippen molar-refractivity contribution >= 4 is 59.3 Å². The van der Waals surface area contributed by atoms with E-state index in [0.29, 0.717) is 45.2 Å². The molecule has 0 aliphatic rings. The first-order valence-electron chi connectivity index (χ1n) is 20.7. The summed E-state index contributed by atoms with van der Waals surface area (Å²) in [6, 6.07) is -7.71. The second kappa shape index (κ2) is 32.6. The third-order valence-corrected chi connectivity index (χ3v) is 9.11. The van der Waals surface area contributed by atoms with Gasteiger partial charge in [-0.15, -0.1) is 0 Å². The number of carboxylic acids is 1. The van der Waals surface area contributed by atoms with Crippen molar-refractivity contribution in [1.29, 1.82) is 0 Å². The van der Waals surface area contributed by atoms with E-state index in [0.717, 1.165) is 0 Å². The Hall–Kier alpha value is -6.06. The zero-order valence-corrected chi connectivity index (χ0v) is 36.1. The number of carboxylic acid groups (broad SMARTS) is 1. The lowest BCUT2D eigenvalue weighted by atomic mass is 10.0. The van der Waals surface area contributed by atoms with Crippen molar-refractivity contribution < 1.29 is 43.8 Å². The summed E-state index contributed by atoms with van der Waals surface area (Å²) in [7, 11) is 0. The molecule has 0 aliphatic heterocycles. The van der Waals surface area contributed by atoms with Crippen LogP contribution in [0.4, 0.5) is 0 Å². The Morgan fingerprint density at radius 2 is 0.889 bits per heavy atom. The Morgan fingerprint density at radius 3 is 1.30 bits per heavy atom. The molecule has 0 saturated carbocycles. The molecule has 27 heteroatoms. The van der Waals surface area contributed by atoms with Crippen molar-refractivity contribution in [3.8, 4) is 0 Å². The number of rotatable bonds is 34.